The molecule has 0 radical (unpaired) electrons. The van der Waals surface area contributed by atoms with Gasteiger partial charge < -0.3 is 10.6 Å². The summed E-state index contributed by atoms with van der Waals surface area (Å²) in [5.74, 6) is 0.793. The second kappa shape index (κ2) is 6.48. The fourth-order valence-corrected chi connectivity index (χ4v) is 2.17. The van der Waals surface area contributed by atoms with Gasteiger partial charge in [-0.25, -0.2) is 4.98 Å². The standard InChI is InChI=1S/C16H19N3S/c1-11-6-8-14(9-7-11)13(3)18-16(20)19-15-12(2)5-4-10-17-15/h4-10,13H,1-3H3,(H2,17,18,19,20)/t13-/m0/s1. The van der Waals surface area contributed by atoms with Crippen LogP contribution >= 0.6 is 12.2 Å². The summed E-state index contributed by atoms with van der Waals surface area (Å²) in [6, 6.07) is 12.5. The lowest BCUT2D eigenvalue weighted by Gasteiger charge is -2.17. The molecule has 3 nitrogen and oxygen atoms in total. The van der Waals surface area contributed by atoms with Crippen molar-refractivity contribution in [1.29, 1.82) is 0 Å². The van der Waals surface area contributed by atoms with Gasteiger partial charge in [0.1, 0.15) is 5.82 Å². The Labute approximate surface area is 125 Å². The van der Waals surface area contributed by atoms with Gasteiger partial charge in [0.05, 0.1) is 6.04 Å². The van der Waals surface area contributed by atoms with Gasteiger partial charge in [0, 0.05) is 6.20 Å². The average Bonchev–Trinajstić information content (AvgIpc) is 2.42. The van der Waals surface area contributed by atoms with Crippen molar-refractivity contribution >= 4 is 23.1 Å². The lowest BCUT2D eigenvalue weighted by atomic mass is 10.1. The molecule has 0 spiro atoms. The SMILES string of the molecule is Cc1ccc([C@H](C)NC(=S)Nc2ncccc2C)cc1. The molecular formula is C16H19N3S. The van der Waals surface area contributed by atoms with Crippen LogP contribution in [0, 0.1) is 13.8 Å². The summed E-state index contributed by atoms with van der Waals surface area (Å²) in [4.78, 5) is 4.27. The molecule has 0 bridgehead atoms. The van der Waals surface area contributed by atoms with E-state index in [4.69, 9.17) is 12.2 Å². The van der Waals surface area contributed by atoms with Crippen LogP contribution in [0.1, 0.15) is 29.7 Å². The molecule has 1 heterocycles. The van der Waals surface area contributed by atoms with Gasteiger partial charge >= 0.3 is 0 Å². The highest BCUT2D eigenvalue weighted by molar-refractivity contribution is 7.80. The van der Waals surface area contributed by atoms with Gasteiger partial charge in [0.2, 0.25) is 0 Å². The molecule has 0 aliphatic rings. The molecule has 2 aromatic rings. The van der Waals surface area contributed by atoms with Crippen LogP contribution in [0.5, 0.6) is 0 Å². The maximum Gasteiger partial charge on any atom is 0.172 e. The second-order valence-corrected chi connectivity index (χ2v) is 5.31. The Balaban J connectivity index is 1.98. The molecule has 20 heavy (non-hydrogen) atoms. The zero-order chi connectivity index (χ0) is 14.5. The topological polar surface area (TPSA) is 37.0 Å². The van der Waals surface area contributed by atoms with E-state index in [1.165, 1.54) is 11.1 Å². The van der Waals surface area contributed by atoms with E-state index in [-0.39, 0.29) is 6.04 Å². The van der Waals surface area contributed by atoms with Crippen molar-refractivity contribution < 1.29 is 0 Å². The molecule has 2 N–H and O–H groups in total. The smallest absolute Gasteiger partial charge is 0.172 e. The van der Waals surface area contributed by atoms with E-state index in [0.717, 1.165) is 11.4 Å². The first-order chi connectivity index (χ1) is 9.56. The average molecular weight is 285 g/mol. The van der Waals surface area contributed by atoms with Crippen molar-refractivity contribution in [3.05, 3.63) is 59.3 Å². The van der Waals surface area contributed by atoms with Crippen LogP contribution in [0.25, 0.3) is 0 Å². The number of pyridine rings is 1. The van der Waals surface area contributed by atoms with E-state index in [0.29, 0.717) is 5.11 Å². The molecule has 0 saturated heterocycles. The zero-order valence-corrected chi connectivity index (χ0v) is 12.8. The number of anilines is 1. The highest BCUT2D eigenvalue weighted by atomic mass is 32.1. The lowest BCUT2D eigenvalue weighted by molar-refractivity contribution is 0.722. The Bertz CT molecular complexity index is 593. The van der Waals surface area contributed by atoms with E-state index in [1.807, 2.05) is 19.1 Å². The van der Waals surface area contributed by atoms with E-state index < -0.39 is 0 Å². The number of aromatic nitrogens is 1. The predicted octanol–water partition coefficient (Wildman–Crippen LogP) is 3.75. The maximum absolute atomic E-state index is 5.34. The molecule has 104 valence electrons. The van der Waals surface area contributed by atoms with E-state index in [9.17, 15) is 0 Å². The molecule has 0 saturated carbocycles. The van der Waals surface area contributed by atoms with Crippen molar-refractivity contribution in [2.45, 2.75) is 26.8 Å². The molecule has 1 aromatic heterocycles. The molecule has 0 aliphatic carbocycles. The Morgan fingerprint density at radius 1 is 1.15 bits per heavy atom. The molecular weight excluding hydrogens is 266 g/mol. The van der Waals surface area contributed by atoms with Crippen molar-refractivity contribution in [3.63, 3.8) is 0 Å². The van der Waals surface area contributed by atoms with Gasteiger partial charge in [-0.2, -0.15) is 0 Å². The fourth-order valence-electron chi connectivity index (χ4n) is 1.90. The molecule has 0 unspecified atom stereocenters. The third-order valence-corrected chi connectivity index (χ3v) is 3.39. The minimum Gasteiger partial charge on any atom is -0.356 e. The molecule has 2 rings (SSSR count). The van der Waals surface area contributed by atoms with Gasteiger partial charge in [-0.3, -0.25) is 0 Å². The summed E-state index contributed by atoms with van der Waals surface area (Å²) < 4.78 is 0. The van der Waals surface area contributed by atoms with E-state index in [2.05, 4.69) is 53.7 Å². The summed E-state index contributed by atoms with van der Waals surface area (Å²) in [5.41, 5.74) is 3.53. The maximum atomic E-state index is 5.34. The second-order valence-electron chi connectivity index (χ2n) is 4.90. The first-order valence-electron chi connectivity index (χ1n) is 6.62. The first-order valence-corrected chi connectivity index (χ1v) is 7.03. The number of thiocarbonyl (C=S) groups is 1. The molecule has 4 heteroatoms. The summed E-state index contributed by atoms with van der Waals surface area (Å²) >= 11 is 5.34. The zero-order valence-electron chi connectivity index (χ0n) is 12.0. The van der Waals surface area contributed by atoms with E-state index >= 15 is 0 Å². The summed E-state index contributed by atoms with van der Waals surface area (Å²) in [5, 5.41) is 6.99. The van der Waals surface area contributed by atoms with Crippen LogP contribution < -0.4 is 10.6 Å². The number of hydrogen-bond acceptors (Lipinski definition) is 2. The normalized spacial score (nSPS) is 11.8. The number of nitrogens with one attached hydrogen (secondary N) is 2. The van der Waals surface area contributed by atoms with Gasteiger partial charge in [0.25, 0.3) is 0 Å². The third-order valence-electron chi connectivity index (χ3n) is 3.17. The first kappa shape index (κ1) is 14.5. The number of benzene rings is 1. The number of hydrogen-bond donors (Lipinski definition) is 2. The van der Waals surface area contributed by atoms with Crippen molar-refractivity contribution in [2.75, 3.05) is 5.32 Å². The monoisotopic (exact) mass is 285 g/mol. The van der Waals surface area contributed by atoms with Crippen LogP contribution in [-0.4, -0.2) is 10.1 Å². The fraction of sp³-hybridized carbons (Fsp3) is 0.250. The quantitative estimate of drug-likeness (QED) is 0.842. The summed E-state index contributed by atoms with van der Waals surface area (Å²) in [7, 11) is 0. The molecule has 0 fully saturated rings. The largest absolute Gasteiger partial charge is 0.356 e. The summed E-state index contributed by atoms with van der Waals surface area (Å²) in [6.07, 6.45) is 1.75. The van der Waals surface area contributed by atoms with E-state index in [1.54, 1.807) is 6.20 Å². The highest BCUT2D eigenvalue weighted by Crippen LogP contribution is 2.14. The Morgan fingerprint density at radius 3 is 2.50 bits per heavy atom. The number of rotatable bonds is 3. The minimum atomic E-state index is 0.152. The Kier molecular flexibility index (Phi) is 4.69. The lowest BCUT2D eigenvalue weighted by Crippen LogP contribution is -2.31. The van der Waals surface area contributed by atoms with Crippen LogP contribution in [-0.2, 0) is 0 Å². The van der Waals surface area contributed by atoms with Crippen LogP contribution in [0.4, 0.5) is 5.82 Å². The highest BCUT2D eigenvalue weighted by Gasteiger charge is 2.08. The molecule has 1 aromatic carbocycles. The Hall–Kier alpha value is -1.94. The number of aryl methyl sites for hydroxylation is 2. The minimum absolute atomic E-state index is 0.152. The van der Waals surface area contributed by atoms with Gasteiger partial charge in [-0.15, -0.1) is 0 Å². The number of nitrogens with zero attached hydrogens (tertiary/aromatic N) is 1. The molecule has 0 aliphatic heterocycles. The van der Waals surface area contributed by atoms with Gasteiger partial charge in [-0.1, -0.05) is 35.9 Å². The molecule has 1 atom stereocenters. The van der Waals surface area contributed by atoms with Crippen LogP contribution in [0.3, 0.4) is 0 Å². The van der Waals surface area contributed by atoms with Crippen molar-refractivity contribution in [3.8, 4) is 0 Å². The van der Waals surface area contributed by atoms with Crippen LogP contribution in [0.15, 0.2) is 42.6 Å². The Morgan fingerprint density at radius 2 is 1.85 bits per heavy atom. The van der Waals surface area contributed by atoms with Crippen molar-refractivity contribution in [2.24, 2.45) is 0 Å². The van der Waals surface area contributed by atoms with Crippen molar-refractivity contribution in [1.82, 2.24) is 10.3 Å². The summed E-state index contributed by atoms with van der Waals surface area (Å²) in [6.45, 7) is 6.17. The third kappa shape index (κ3) is 3.78. The predicted molar refractivity (Wildman–Crippen MR) is 87.9 cm³/mol. The van der Waals surface area contributed by atoms with Gasteiger partial charge in [-0.05, 0) is 50.2 Å². The van der Waals surface area contributed by atoms with Crippen LogP contribution in [0.2, 0.25) is 0 Å². The molecule has 0 amide bonds. The van der Waals surface area contributed by atoms with Gasteiger partial charge in [0.15, 0.2) is 5.11 Å².